The number of hydrogen-bond acceptors (Lipinski definition) is 6. The number of pyridine rings is 1. The first kappa shape index (κ1) is 17.9. The smallest absolute Gasteiger partial charge is 0.350 e. The van der Waals surface area contributed by atoms with Crippen LogP contribution in [0.4, 0.5) is 24.7 Å². The molecule has 0 aromatic carbocycles. The third-order valence-electron chi connectivity index (χ3n) is 3.89. The zero-order valence-electron chi connectivity index (χ0n) is 12.7. The molecule has 6 nitrogen and oxygen atoms in total. The topological polar surface area (TPSA) is 72.2 Å². The van der Waals surface area contributed by atoms with Crippen molar-refractivity contribution >= 4 is 34.4 Å². The maximum atomic E-state index is 12.7. The van der Waals surface area contributed by atoms with Crippen molar-refractivity contribution in [3.63, 3.8) is 0 Å². The highest BCUT2D eigenvalue weighted by Crippen LogP contribution is 2.37. The Kier molecular flexibility index (Phi) is 4.83. The van der Waals surface area contributed by atoms with Gasteiger partial charge in [0.2, 0.25) is 5.82 Å². The van der Waals surface area contributed by atoms with Gasteiger partial charge in [0.05, 0.1) is 15.0 Å². The fourth-order valence-corrected chi connectivity index (χ4v) is 3.88. The average molecular weight is 393 g/mol. The molecule has 0 amide bonds. The first-order valence-electron chi connectivity index (χ1n) is 7.33. The van der Waals surface area contributed by atoms with E-state index >= 15 is 0 Å². The number of hydrogen-bond donors (Lipinski definition) is 0. The van der Waals surface area contributed by atoms with E-state index in [-0.39, 0.29) is 22.4 Å². The molecule has 11 heteroatoms. The lowest BCUT2D eigenvalue weighted by molar-refractivity contribution is -0.384. The van der Waals surface area contributed by atoms with Crippen molar-refractivity contribution < 1.29 is 18.1 Å². The van der Waals surface area contributed by atoms with E-state index < -0.39 is 16.8 Å². The highest BCUT2D eigenvalue weighted by molar-refractivity contribution is 7.09. The third-order valence-corrected chi connectivity index (χ3v) is 5.11. The molecule has 0 aliphatic carbocycles. The number of nitrogens with zero attached hydrogens (tertiary/aromatic N) is 4. The van der Waals surface area contributed by atoms with Crippen molar-refractivity contribution in [2.75, 3.05) is 18.0 Å². The molecule has 0 radical (unpaired) electrons. The highest BCUT2D eigenvalue weighted by atomic mass is 35.5. The largest absolute Gasteiger partial charge is 0.434 e. The highest BCUT2D eigenvalue weighted by Gasteiger charge is 2.35. The molecule has 25 heavy (non-hydrogen) atoms. The molecule has 2 aromatic heterocycles. The van der Waals surface area contributed by atoms with Gasteiger partial charge in [-0.05, 0) is 12.8 Å². The molecule has 1 atom stereocenters. The van der Waals surface area contributed by atoms with E-state index in [4.69, 9.17) is 11.6 Å². The van der Waals surface area contributed by atoms with E-state index in [0.717, 1.165) is 16.7 Å². The van der Waals surface area contributed by atoms with E-state index in [0.29, 0.717) is 30.9 Å². The molecule has 134 valence electrons. The molecule has 1 saturated heterocycles. The van der Waals surface area contributed by atoms with Crippen LogP contribution in [0.15, 0.2) is 17.6 Å². The first-order chi connectivity index (χ1) is 11.8. The molecule has 1 fully saturated rings. The maximum Gasteiger partial charge on any atom is 0.434 e. The Morgan fingerprint density at radius 2 is 2.20 bits per heavy atom. The minimum Gasteiger partial charge on any atom is -0.350 e. The van der Waals surface area contributed by atoms with Crippen LogP contribution < -0.4 is 4.90 Å². The van der Waals surface area contributed by atoms with E-state index in [9.17, 15) is 23.3 Å². The number of piperidine rings is 1. The van der Waals surface area contributed by atoms with Crippen molar-refractivity contribution in [1.29, 1.82) is 0 Å². The molecule has 0 spiro atoms. The molecule has 0 bridgehead atoms. The van der Waals surface area contributed by atoms with E-state index in [1.54, 1.807) is 4.90 Å². The van der Waals surface area contributed by atoms with E-state index in [1.165, 1.54) is 12.3 Å². The van der Waals surface area contributed by atoms with Gasteiger partial charge in [-0.1, -0.05) is 11.6 Å². The van der Waals surface area contributed by atoms with Crippen molar-refractivity contribution in [1.82, 2.24) is 9.97 Å². The quantitative estimate of drug-likeness (QED) is 0.568. The Morgan fingerprint density at radius 1 is 1.44 bits per heavy atom. The zero-order chi connectivity index (χ0) is 18.2. The molecule has 3 heterocycles. The lowest BCUT2D eigenvalue weighted by Crippen LogP contribution is -2.35. The normalized spacial score (nSPS) is 18.4. The molecule has 3 rings (SSSR count). The van der Waals surface area contributed by atoms with Crippen LogP contribution in [0.2, 0.25) is 5.02 Å². The summed E-state index contributed by atoms with van der Waals surface area (Å²) in [7, 11) is 0. The van der Waals surface area contributed by atoms with Gasteiger partial charge in [0.1, 0.15) is 0 Å². The van der Waals surface area contributed by atoms with Crippen LogP contribution in [0.1, 0.15) is 29.5 Å². The Morgan fingerprint density at radius 3 is 2.84 bits per heavy atom. The summed E-state index contributed by atoms with van der Waals surface area (Å²) in [5.41, 5.74) is -1.12. The van der Waals surface area contributed by atoms with Crippen LogP contribution in [0.25, 0.3) is 0 Å². The second-order valence-electron chi connectivity index (χ2n) is 5.61. The van der Waals surface area contributed by atoms with Crippen molar-refractivity contribution in [3.05, 3.63) is 43.5 Å². The van der Waals surface area contributed by atoms with Crippen LogP contribution >= 0.6 is 22.9 Å². The third kappa shape index (κ3) is 3.84. The second kappa shape index (κ2) is 6.75. The fraction of sp³-hybridized carbons (Fsp3) is 0.429. The summed E-state index contributed by atoms with van der Waals surface area (Å²) in [4.78, 5) is 20.1. The molecule has 1 unspecified atom stereocenters. The Bertz CT molecular complexity index is 799. The summed E-state index contributed by atoms with van der Waals surface area (Å²) in [5, 5.41) is 12.8. The lowest BCUT2D eigenvalue weighted by Gasteiger charge is -2.32. The van der Waals surface area contributed by atoms with Gasteiger partial charge in [-0.2, -0.15) is 13.2 Å². The molecule has 2 aromatic rings. The number of aromatic nitrogens is 2. The molecular weight excluding hydrogens is 381 g/mol. The average Bonchev–Trinajstić information content (AvgIpc) is 3.05. The van der Waals surface area contributed by atoms with Gasteiger partial charge in [0.15, 0.2) is 5.69 Å². The standard InChI is InChI=1S/C14H12ClF3N4O2S/c15-9-4-10(22(23)24)12(19-5-9)21-3-1-2-8(6-21)13-20-11(7-25-13)14(16,17)18/h4-5,7-8H,1-3,6H2. The van der Waals surface area contributed by atoms with E-state index in [1.807, 2.05) is 0 Å². The molecular formula is C14H12ClF3N4O2S. The Labute approximate surface area is 149 Å². The summed E-state index contributed by atoms with van der Waals surface area (Å²) in [6.07, 6.45) is -1.81. The SMILES string of the molecule is O=[N+]([O-])c1cc(Cl)cnc1N1CCCC(c2nc(C(F)(F)F)cs2)C1. The fourth-order valence-electron chi connectivity index (χ4n) is 2.78. The number of halogens is 4. The van der Waals surface area contributed by atoms with Gasteiger partial charge >= 0.3 is 11.9 Å². The summed E-state index contributed by atoms with van der Waals surface area (Å²) in [6.45, 7) is 0.851. The van der Waals surface area contributed by atoms with Gasteiger partial charge in [0, 0.05) is 36.7 Å². The van der Waals surface area contributed by atoms with Gasteiger partial charge in [0.25, 0.3) is 0 Å². The second-order valence-corrected chi connectivity index (χ2v) is 6.93. The lowest BCUT2D eigenvalue weighted by atomic mass is 9.98. The van der Waals surface area contributed by atoms with Crippen LogP contribution in [-0.2, 0) is 6.18 Å². The minimum atomic E-state index is -4.47. The van der Waals surface area contributed by atoms with Gasteiger partial charge < -0.3 is 4.90 Å². The van der Waals surface area contributed by atoms with Crippen LogP contribution in [0.3, 0.4) is 0 Å². The molecule has 0 N–H and O–H groups in total. The maximum absolute atomic E-state index is 12.7. The van der Waals surface area contributed by atoms with E-state index in [2.05, 4.69) is 9.97 Å². The summed E-state index contributed by atoms with van der Waals surface area (Å²) < 4.78 is 38.2. The van der Waals surface area contributed by atoms with Crippen LogP contribution in [0, 0.1) is 10.1 Å². The van der Waals surface area contributed by atoms with Crippen LogP contribution in [0.5, 0.6) is 0 Å². The van der Waals surface area contributed by atoms with Gasteiger partial charge in [-0.25, -0.2) is 9.97 Å². The zero-order valence-corrected chi connectivity index (χ0v) is 14.2. The number of thiazole rings is 1. The Hall–Kier alpha value is -1.94. The summed E-state index contributed by atoms with van der Waals surface area (Å²) >= 11 is 6.73. The van der Waals surface area contributed by atoms with Gasteiger partial charge in [-0.3, -0.25) is 10.1 Å². The van der Waals surface area contributed by atoms with Crippen molar-refractivity contribution in [3.8, 4) is 0 Å². The van der Waals surface area contributed by atoms with Gasteiger partial charge in [-0.15, -0.1) is 11.3 Å². The number of anilines is 1. The number of nitro groups is 1. The summed E-state index contributed by atoms with van der Waals surface area (Å²) in [6, 6.07) is 1.22. The monoisotopic (exact) mass is 392 g/mol. The molecule has 1 aliphatic heterocycles. The van der Waals surface area contributed by atoms with Crippen molar-refractivity contribution in [2.24, 2.45) is 0 Å². The predicted octanol–water partition coefficient (Wildman–Crippen LogP) is 4.50. The Balaban J connectivity index is 1.85. The first-order valence-corrected chi connectivity index (χ1v) is 8.59. The molecule has 0 saturated carbocycles. The van der Waals surface area contributed by atoms with Crippen molar-refractivity contribution in [2.45, 2.75) is 24.9 Å². The molecule has 1 aliphatic rings. The predicted molar refractivity (Wildman–Crippen MR) is 87.2 cm³/mol. The van der Waals surface area contributed by atoms with Crippen LogP contribution in [-0.4, -0.2) is 28.0 Å². The number of rotatable bonds is 3. The minimum absolute atomic E-state index is 0.152. The number of alkyl halides is 3. The summed E-state index contributed by atoms with van der Waals surface area (Å²) in [5.74, 6) is -0.0568.